The van der Waals surface area contributed by atoms with E-state index in [4.69, 9.17) is 34.8 Å². The van der Waals surface area contributed by atoms with Gasteiger partial charge in [-0.05, 0) is 47.7 Å². The molecule has 2 rings (SSSR count). The third kappa shape index (κ3) is 4.41. The molecule has 0 heterocycles. The average molecular weight is 371 g/mol. The molecule has 0 aromatic heterocycles. The first-order chi connectivity index (χ1) is 11.0. The first-order valence-electron chi connectivity index (χ1n) is 7.50. The van der Waals surface area contributed by atoms with Gasteiger partial charge >= 0.3 is 0 Å². The van der Waals surface area contributed by atoms with E-state index in [-0.39, 0.29) is 12.3 Å². The van der Waals surface area contributed by atoms with Gasteiger partial charge < -0.3 is 5.32 Å². The predicted octanol–water partition coefficient (Wildman–Crippen LogP) is 5.95. The molecular formula is C18H18Cl3NO. The van der Waals surface area contributed by atoms with Crippen LogP contribution in [-0.2, 0) is 24.1 Å². The van der Waals surface area contributed by atoms with Gasteiger partial charge in [-0.3, -0.25) is 4.79 Å². The predicted molar refractivity (Wildman–Crippen MR) is 99.0 cm³/mol. The minimum absolute atomic E-state index is 0.102. The van der Waals surface area contributed by atoms with Crippen molar-refractivity contribution in [3.8, 4) is 0 Å². The minimum atomic E-state index is -0.102. The quantitative estimate of drug-likeness (QED) is 0.692. The van der Waals surface area contributed by atoms with E-state index in [0.29, 0.717) is 15.1 Å². The molecule has 0 bridgehead atoms. The molecule has 0 saturated carbocycles. The highest BCUT2D eigenvalue weighted by molar-refractivity contribution is 6.42. The number of aryl methyl sites for hydroxylation is 1. The van der Waals surface area contributed by atoms with Crippen LogP contribution in [0.4, 0.5) is 5.69 Å². The molecule has 1 amide bonds. The zero-order valence-corrected chi connectivity index (χ0v) is 15.3. The van der Waals surface area contributed by atoms with Crippen LogP contribution in [0.15, 0.2) is 30.3 Å². The van der Waals surface area contributed by atoms with Crippen molar-refractivity contribution >= 4 is 46.4 Å². The van der Waals surface area contributed by atoms with Crippen LogP contribution in [0.5, 0.6) is 0 Å². The Hall–Kier alpha value is -1.22. The zero-order chi connectivity index (χ0) is 17.0. The highest BCUT2D eigenvalue weighted by atomic mass is 35.5. The van der Waals surface area contributed by atoms with E-state index in [2.05, 4.69) is 12.2 Å². The summed E-state index contributed by atoms with van der Waals surface area (Å²) in [5, 5.41) is 4.61. The van der Waals surface area contributed by atoms with Crippen molar-refractivity contribution in [2.75, 3.05) is 5.32 Å². The fourth-order valence-corrected chi connectivity index (χ4v) is 3.10. The van der Waals surface area contributed by atoms with Gasteiger partial charge in [0.1, 0.15) is 0 Å². The first kappa shape index (κ1) is 18.1. The number of carbonyl (C=O) groups is 1. The van der Waals surface area contributed by atoms with E-state index in [1.54, 1.807) is 18.2 Å². The second-order valence-corrected chi connectivity index (χ2v) is 6.46. The fourth-order valence-electron chi connectivity index (χ4n) is 2.49. The average Bonchev–Trinajstić information content (AvgIpc) is 2.51. The number of halogens is 3. The van der Waals surface area contributed by atoms with Gasteiger partial charge in [-0.1, -0.05) is 60.8 Å². The summed E-state index contributed by atoms with van der Waals surface area (Å²) in [7, 11) is 0. The highest BCUT2D eigenvalue weighted by Gasteiger charge is 2.14. The molecule has 0 aliphatic heterocycles. The summed E-state index contributed by atoms with van der Waals surface area (Å²) in [4.78, 5) is 12.4. The maximum absolute atomic E-state index is 12.4. The van der Waals surface area contributed by atoms with Gasteiger partial charge in [0.05, 0.1) is 16.5 Å². The normalized spacial score (nSPS) is 10.7. The van der Waals surface area contributed by atoms with Crippen molar-refractivity contribution in [1.82, 2.24) is 0 Å². The standard InChI is InChI=1S/C18H18Cl3NO/c1-3-12-6-8-14(19)13(4-2)18(12)22-17(23)10-11-5-7-15(20)16(21)9-11/h5-9H,3-4,10H2,1-2H3,(H,22,23). The van der Waals surface area contributed by atoms with Crippen LogP contribution in [0.3, 0.4) is 0 Å². The van der Waals surface area contributed by atoms with E-state index < -0.39 is 0 Å². The number of hydrogen-bond donors (Lipinski definition) is 1. The molecule has 0 radical (unpaired) electrons. The van der Waals surface area contributed by atoms with Crippen molar-refractivity contribution in [2.45, 2.75) is 33.1 Å². The van der Waals surface area contributed by atoms with Gasteiger partial charge in [-0.2, -0.15) is 0 Å². The number of carbonyl (C=O) groups excluding carboxylic acids is 1. The summed E-state index contributed by atoms with van der Waals surface area (Å²) in [6.07, 6.45) is 1.82. The summed E-state index contributed by atoms with van der Waals surface area (Å²) in [6.45, 7) is 4.08. The van der Waals surface area contributed by atoms with Crippen molar-refractivity contribution in [2.24, 2.45) is 0 Å². The molecule has 2 nitrogen and oxygen atoms in total. The van der Waals surface area contributed by atoms with Gasteiger partial charge in [0.2, 0.25) is 5.91 Å². The fraction of sp³-hybridized carbons (Fsp3) is 0.278. The van der Waals surface area contributed by atoms with Crippen LogP contribution < -0.4 is 5.32 Å². The zero-order valence-electron chi connectivity index (χ0n) is 13.1. The number of amides is 1. The summed E-state index contributed by atoms with van der Waals surface area (Å²) in [5.74, 6) is -0.102. The number of benzene rings is 2. The van der Waals surface area contributed by atoms with Crippen molar-refractivity contribution in [1.29, 1.82) is 0 Å². The summed E-state index contributed by atoms with van der Waals surface area (Å²) in [6, 6.07) is 9.04. The smallest absolute Gasteiger partial charge is 0.228 e. The Bertz CT molecular complexity index is 728. The van der Waals surface area contributed by atoms with Crippen LogP contribution in [0.1, 0.15) is 30.5 Å². The van der Waals surface area contributed by atoms with Gasteiger partial charge in [-0.25, -0.2) is 0 Å². The lowest BCUT2D eigenvalue weighted by Crippen LogP contribution is -2.17. The topological polar surface area (TPSA) is 29.1 Å². The molecule has 0 spiro atoms. The number of hydrogen-bond acceptors (Lipinski definition) is 1. The van der Waals surface area contributed by atoms with Crippen LogP contribution >= 0.6 is 34.8 Å². The Labute approximate surface area is 151 Å². The molecule has 0 saturated heterocycles. The van der Waals surface area contributed by atoms with E-state index >= 15 is 0 Å². The van der Waals surface area contributed by atoms with Gasteiger partial charge in [0, 0.05) is 10.7 Å². The third-order valence-corrected chi connectivity index (χ3v) is 4.78. The molecule has 2 aromatic carbocycles. The second kappa shape index (κ2) is 8.05. The van der Waals surface area contributed by atoms with Crippen LogP contribution in [-0.4, -0.2) is 5.91 Å². The molecule has 0 aliphatic carbocycles. The Morgan fingerprint density at radius 3 is 2.26 bits per heavy atom. The Kier molecular flexibility index (Phi) is 6.34. The highest BCUT2D eigenvalue weighted by Crippen LogP contribution is 2.30. The minimum Gasteiger partial charge on any atom is -0.325 e. The number of nitrogens with one attached hydrogen (secondary N) is 1. The first-order valence-corrected chi connectivity index (χ1v) is 8.63. The third-order valence-electron chi connectivity index (χ3n) is 3.69. The van der Waals surface area contributed by atoms with E-state index in [1.807, 2.05) is 19.1 Å². The molecule has 0 atom stereocenters. The molecule has 0 fully saturated rings. The lowest BCUT2D eigenvalue weighted by Gasteiger charge is -2.16. The van der Waals surface area contributed by atoms with Gasteiger partial charge in [-0.15, -0.1) is 0 Å². The summed E-state index contributed by atoms with van der Waals surface area (Å²) in [5.41, 5.74) is 3.69. The second-order valence-electron chi connectivity index (χ2n) is 5.24. The van der Waals surface area contributed by atoms with Crippen molar-refractivity contribution in [3.05, 3.63) is 62.1 Å². The molecule has 5 heteroatoms. The van der Waals surface area contributed by atoms with Crippen molar-refractivity contribution < 1.29 is 4.79 Å². The maximum Gasteiger partial charge on any atom is 0.228 e. The van der Waals surface area contributed by atoms with Crippen LogP contribution in [0.25, 0.3) is 0 Å². The lowest BCUT2D eigenvalue weighted by atomic mass is 10.0. The van der Waals surface area contributed by atoms with Crippen LogP contribution in [0.2, 0.25) is 15.1 Å². The SMILES string of the molecule is CCc1ccc(Cl)c(CC)c1NC(=O)Cc1ccc(Cl)c(Cl)c1. The Morgan fingerprint density at radius 1 is 0.957 bits per heavy atom. The van der Waals surface area contributed by atoms with Crippen molar-refractivity contribution in [3.63, 3.8) is 0 Å². The molecule has 1 N–H and O–H groups in total. The number of anilines is 1. The van der Waals surface area contributed by atoms with E-state index in [9.17, 15) is 4.79 Å². The van der Waals surface area contributed by atoms with E-state index in [1.165, 1.54) is 0 Å². The summed E-state index contributed by atoms with van der Waals surface area (Å²) < 4.78 is 0. The largest absolute Gasteiger partial charge is 0.325 e. The van der Waals surface area contributed by atoms with Crippen LogP contribution in [0, 0.1) is 0 Å². The molecular weight excluding hydrogens is 353 g/mol. The van der Waals surface area contributed by atoms with E-state index in [0.717, 1.165) is 35.2 Å². The Morgan fingerprint density at radius 2 is 1.65 bits per heavy atom. The molecule has 0 aliphatic rings. The van der Waals surface area contributed by atoms with Gasteiger partial charge in [0.15, 0.2) is 0 Å². The maximum atomic E-state index is 12.4. The monoisotopic (exact) mass is 369 g/mol. The Balaban J connectivity index is 2.22. The van der Waals surface area contributed by atoms with Gasteiger partial charge in [0.25, 0.3) is 0 Å². The summed E-state index contributed by atoms with van der Waals surface area (Å²) >= 11 is 18.1. The number of rotatable bonds is 5. The lowest BCUT2D eigenvalue weighted by molar-refractivity contribution is -0.115. The molecule has 23 heavy (non-hydrogen) atoms. The molecule has 0 unspecified atom stereocenters. The molecule has 2 aromatic rings. The molecule has 122 valence electrons.